The van der Waals surface area contributed by atoms with E-state index in [0.717, 1.165) is 6.54 Å². The van der Waals surface area contributed by atoms with Gasteiger partial charge in [0.05, 0.1) is 17.7 Å². The lowest BCUT2D eigenvalue weighted by Gasteiger charge is -2.33. The molecule has 0 aromatic heterocycles. The highest BCUT2D eigenvalue weighted by Crippen LogP contribution is 2.32. The summed E-state index contributed by atoms with van der Waals surface area (Å²) in [6.45, 7) is 2.45. The van der Waals surface area contributed by atoms with Gasteiger partial charge in [-0.15, -0.1) is 0 Å². The Hall–Kier alpha value is -0.880. The van der Waals surface area contributed by atoms with E-state index in [1.54, 1.807) is 0 Å². The predicted octanol–water partition coefficient (Wildman–Crippen LogP) is 3.37. The number of ether oxygens (including phenoxy) is 1. The van der Waals surface area contributed by atoms with Crippen LogP contribution in [0.15, 0.2) is 12.1 Å². The van der Waals surface area contributed by atoms with Crippen LogP contribution in [-0.4, -0.2) is 42.2 Å². The van der Waals surface area contributed by atoms with Crippen molar-refractivity contribution in [3.05, 3.63) is 33.6 Å². The van der Waals surface area contributed by atoms with E-state index in [0.29, 0.717) is 36.7 Å². The average molecular weight is 336 g/mol. The summed E-state index contributed by atoms with van der Waals surface area (Å²) in [6.07, 6.45) is 0.381. The van der Waals surface area contributed by atoms with Crippen molar-refractivity contribution in [2.45, 2.75) is 18.9 Å². The molecule has 0 amide bonds. The molecule has 2 rings (SSSR count). The van der Waals surface area contributed by atoms with Crippen molar-refractivity contribution in [3.8, 4) is 0 Å². The molecule has 0 saturated carbocycles. The summed E-state index contributed by atoms with van der Waals surface area (Å²) in [5, 5.41) is 9.01. The Morgan fingerprint density at radius 2 is 2.19 bits per heavy atom. The van der Waals surface area contributed by atoms with Crippen LogP contribution in [0, 0.1) is 5.82 Å². The van der Waals surface area contributed by atoms with E-state index in [4.69, 9.17) is 33.0 Å². The maximum atomic E-state index is 13.6. The maximum absolute atomic E-state index is 13.6. The summed E-state index contributed by atoms with van der Waals surface area (Å²) in [4.78, 5) is 12.6. The number of carbonyl (C=O) groups is 1. The summed E-state index contributed by atoms with van der Waals surface area (Å²) in [6, 6.07) is 2.68. The zero-order valence-corrected chi connectivity index (χ0v) is 12.8. The molecule has 4 nitrogen and oxygen atoms in total. The molecule has 1 aliphatic rings. The van der Waals surface area contributed by atoms with Crippen LogP contribution in [0.1, 0.15) is 24.5 Å². The van der Waals surface area contributed by atoms with Crippen molar-refractivity contribution in [2.24, 2.45) is 0 Å². The number of morpholine rings is 1. The third-order valence-electron chi connectivity index (χ3n) is 3.40. The molecule has 1 aliphatic heterocycles. The monoisotopic (exact) mass is 335 g/mol. The molecule has 1 N–H and O–H groups in total. The number of hydrogen-bond donors (Lipinski definition) is 1. The van der Waals surface area contributed by atoms with Gasteiger partial charge in [0.1, 0.15) is 5.82 Å². The molecule has 7 heteroatoms. The van der Waals surface area contributed by atoms with Crippen LogP contribution >= 0.6 is 23.2 Å². The van der Waals surface area contributed by atoms with Crippen molar-refractivity contribution < 1.29 is 19.0 Å². The first-order valence-corrected chi connectivity index (χ1v) is 7.43. The van der Waals surface area contributed by atoms with Gasteiger partial charge in [-0.2, -0.15) is 0 Å². The molecule has 1 heterocycles. The first kappa shape index (κ1) is 16.5. The van der Waals surface area contributed by atoms with Gasteiger partial charge in [-0.25, -0.2) is 4.39 Å². The lowest BCUT2D eigenvalue weighted by molar-refractivity contribution is -0.137. The fourth-order valence-electron chi connectivity index (χ4n) is 2.33. The van der Waals surface area contributed by atoms with Gasteiger partial charge in [-0.05, 0) is 25.1 Å². The Bertz CT molecular complexity index is 527. The predicted molar refractivity (Wildman–Crippen MR) is 78.4 cm³/mol. The third kappa shape index (κ3) is 4.54. The van der Waals surface area contributed by atoms with E-state index < -0.39 is 11.8 Å². The van der Waals surface area contributed by atoms with Crippen molar-refractivity contribution in [3.63, 3.8) is 0 Å². The Morgan fingerprint density at radius 1 is 1.43 bits per heavy atom. The Kier molecular flexibility index (Phi) is 5.81. The molecule has 1 atom stereocenters. The number of rotatable bonds is 5. The van der Waals surface area contributed by atoms with Crippen molar-refractivity contribution in [2.75, 3.05) is 26.2 Å². The number of carboxylic acid groups (broad SMARTS) is 1. The number of halogens is 3. The van der Waals surface area contributed by atoms with E-state index >= 15 is 0 Å². The minimum Gasteiger partial charge on any atom is -0.481 e. The highest BCUT2D eigenvalue weighted by atomic mass is 35.5. The summed E-state index contributed by atoms with van der Waals surface area (Å²) in [5.74, 6) is -1.33. The molecule has 116 valence electrons. The molecular formula is C14H16Cl2FNO3. The maximum Gasteiger partial charge on any atom is 0.303 e. The van der Waals surface area contributed by atoms with Crippen molar-refractivity contribution in [1.82, 2.24) is 4.90 Å². The van der Waals surface area contributed by atoms with Gasteiger partial charge in [0.25, 0.3) is 0 Å². The van der Waals surface area contributed by atoms with Gasteiger partial charge in [0.15, 0.2) is 0 Å². The van der Waals surface area contributed by atoms with Gasteiger partial charge >= 0.3 is 5.97 Å². The lowest BCUT2D eigenvalue weighted by atomic mass is 10.1. The SMILES string of the molecule is O=C(O)CCCN1CCO[C@H](c2cc(F)c(Cl)cc2Cl)C1. The normalized spacial score (nSPS) is 19.7. The largest absolute Gasteiger partial charge is 0.481 e. The molecule has 1 fully saturated rings. The van der Waals surface area contributed by atoms with Crippen LogP contribution in [0.4, 0.5) is 4.39 Å². The van der Waals surface area contributed by atoms with E-state index in [-0.39, 0.29) is 17.5 Å². The molecule has 1 aromatic rings. The highest BCUT2D eigenvalue weighted by Gasteiger charge is 2.24. The summed E-state index contributed by atoms with van der Waals surface area (Å²) < 4.78 is 19.2. The van der Waals surface area contributed by atoms with Crippen molar-refractivity contribution in [1.29, 1.82) is 0 Å². The van der Waals surface area contributed by atoms with E-state index in [2.05, 4.69) is 4.90 Å². The number of nitrogens with zero attached hydrogens (tertiary/aromatic N) is 1. The Balaban J connectivity index is 2.00. The number of hydrogen-bond acceptors (Lipinski definition) is 3. The topological polar surface area (TPSA) is 49.8 Å². The molecule has 0 spiro atoms. The fraction of sp³-hybridized carbons (Fsp3) is 0.500. The minimum atomic E-state index is -0.803. The van der Waals surface area contributed by atoms with Crippen LogP contribution in [0.3, 0.4) is 0 Å². The lowest BCUT2D eigenvalue weighted by Crippen LogP contribution is -2.39. The molecule has 21 heavy (non-hydrogen) atoms. The van der Waals surface area contributed by atoms with E-state index in [9.17, 15) is 9.18 Å². The average Bonchev–Trinajstić information content (AvgIpc) is 2.43. The quantitative estimate of drug-likeness (QED) is 0.838. The van der Waals surface area contributed by atoms with Gasteiger partial charge in [0.2, 0.25) is 0 Å². The van der Waals surface area contributed by atoms with Gasteiger partial charge in [-0.3, -0.25) is 9.69 Å². The fourth-order valence-corrected chi connectivity index (χ4v) is 2.84. The van der Waals surface area contributed by atoms with Crippen LogP contribution in [0.25, 0.3) is 0 Å². The summed E-state index contributed by atoms with van der Waals surface area (Å²) in [5.41, 5.74) is 0.571. The molecule has 0 unspecified atom stereocenters. The molecule has 1 saturated heterocycles. The Labute approximate surface area is 132 Å². The number of benzene rings is 1. The third-order valence-corrected chi connectivity index (χ3v) is 4.02. The second-order valence-corrected chi connectivity index (χ2v) is 5.76. The zero-order chi connectivity index (χ0) is 15.4. The van der Waals surface area contributed by atoms with Crippen LogP contribution in [0.2, 0.25) is 10.0 Å². The number of aliphatic carboxylic acids is 1. The first-order chi connectivity index (χ1) is 9.97. The van der Waals surface area contributed by atoms with Gasteiger partial charge in [-0.1, -0.05) is 23.2 Å². The van der Waals surface area contributed by atoms with Gasteiger partial charge in [0, 0.05) is 30.1 Å². The standard InChI is InChI=1S/C14H16Cl2FNO3/c15-10-7-11(16)12(17)6-9(10)13-8-18(4-5-21-13)3-1-2-14(19)20/h6-7,13H,1-5,8H2,(H,19,20)/t13-/m0/s1. The van der Waals surface area contributed by atoms with E-state index in [1.807, 2.05) is 0 Å². The molecule has 0 radical (unpaired) electrons. The van der Waals surface area contributed by atoms with Crippen LogP contribution in [-0.2, 0) is 9.53 Å². The second-order valence-electron chi connectivity index (χ2n) is 4.95. The minimum absolute atomic E-state index is 0.0159. The smallest absolute Gasteiger partial charge is 0.303 e. The molecule has 1 aromatic carbocycles. The van der Waals surface area contributed by atoms with Crippen LogP contribution in [0.5, 0.6) is 0 Å². The molecule has 0 aliphatic carbocycles. The summed E-state index contributed by atoms with van der Waals surface area (Å²) >= 11 is 11.8. The number of carboxylic acids is 1. The van der Waals surface area contributed by atoms with Gasteiger partial charge < -0.3 is 9.84 Å². The summed E-state index contributed by atoms with van der Waals surface area (Å²) in [7, 11) is 0. The first-order valence-electron chi connectivity index (χ1n) is 6.67. The Morgan fingerprint density at radius 3 is 2.90 bits per heavy atom. The molecular weight excluding hydrogens is 320 g/mol. The zero-order valence-electron chi connectivity index (χ0n) is 11.3. The van der Waals surface area contributed by atoms with E-state index in [1.165, 1.54) is 12.1 Å². The van der Waals surface area contributed by atoms with Crippen molar-refractivity contribution >= 4 is 29.2 Å². The molecule has 0 bridgehead atoms. The second kappa shape index (κ2) is 7.40. The highest BCUT2D eigenvalue weighted by molar-refractivity contribution is 6.35. The van der Waals surface area contributed by atoms with Crippen LogP contribution < -0.4 is 0 Å².